The predicted octanol–water partition coefficient (Wildman–Crippen LogP) is 3.78. The molecule has 0 spiro atoms. The molecular formula is C13H9NO2S. The number of aromatic nitrogens is 1. The SMILES string of the molecule is Oc1ccccc1-c1nc(-c2ccoc2)cs1. The van der Waals surface area contributed by atoms with Gasteiger partial charge in [-0.05, 0) is 18.2 Å². The number of thiazole rings is 1. The van der Waals surface area contributed by atoms with Crippen molar-refractivity contribution in [2.75, 3.05) is 0 Å². The summed E-state index contributed by atoms with van der Waals surface area (Å²) in [5.41, 5.74) is 2.57. The van der Waals surface area contributed by atoms with Crippen molar-refractivity contribution in [3.63, 3.8) is 0 Å². The number of benzene rings is 1. The Morgan fingerprint density at radius 3 is 2.82 bits per heavy atom. The van der Waals surface area contributed by atoms with Crippen LogP contribution in [0.5, 0.6) is 5.75 Å². The number of furan rings is 1. The predicted molar refractivity (Wildman–Crippen MR) is 66.9 cm³/mol. The maximum Gasteiger partial charge on any atom is 0.127 e. The zero-order valence-electron chi connectivity index (χ0n) is 8.83. The van der Waals surface area contributed by atoms with Crippen molar-refractivity contribution in [3.05, 3.63) is 48.2 Å². The Kier molecular flexibility index (Phi) is 2.42. The molecule has 0 saturated heterocycles. The lowest BCUT2D eigenvalue weighted by Crippen LogP contribution is -1.78. The fourth-order valence-electron chi connectivity index (χ4n) is 1.59. The number of phenols is 1. The maximum atomic E-state index is 9.75. The van der Waals surface area contributed by atoms with E-state index in [-0.39, 0.29) is 5.75 Å². The molecular weight excluding hydrogens is 234 g/mol. The number of nitrogens with zero attached hydrogens (tertiary/aromatic N) is 1. The molecule has 2 aromatic heterocycles. The van der Waals surface area contributed by atoms with Crippen LogP contribution in [-0.2, 0) is 0 Å². The third kappa shape index (κ3) is 1.83. The van der Waals surface area contributed by atoms with E-state index in [1.807, 2.05) is 23.6 Å². The zero-order chi connectivity index (χ0) is 11.7. The van der Waals surface area contributed by atoms with Crippen molar-refractivity contribution in [1.29, 1.82) is 0 Å². The summed E-state index contributed by atoms with van der Waals surface area (Å²) in [6.45, 7) is 0. The molecule has 0 amide bonds. The zero-order valence-corrected chi connectivity index (χ0v) is 9.65. The number of phenolic OH excluding ortho intramolecular Hbond substituents is 1. The summed E-state index contributed by atoms with van der Waals surface area (Å²) in [5, 5.41) is 12.5. The second kappa shape index (κ2) is 4.07. The number of hydrogen-bond donors (Lipinski definition) is 1. The molecule has 0 fully saturated rings. The van der Waals surface area contributed by atoms with E-state index in [2.05, 4.69) is 4.98 Å². The summed E-state index contributed by atoms with van der Waals surface area (Å²) < 4.78 is 5.02. The second-order valence-electron chi connectivity index (χ2n) is 3.57. The van der Waals surface area contributed by atoms with Crippen LogP contribution in [0.1, 0.15) is 0 Å². The molecule has 17 heavy (non-hydrogen) atoms. The summed E-state index contributed by atoms with van der Waals surface area (Å²) >= 11 is 1.50. The third-order valence-electron chi connectivity index (χ3n) is 2.46. The van der Waals surface area contributed by atoms with E-state index in [0.717, 1.165) is 21.8 Å². The Morgan fingerprint density at radius 1 is 1.18 bits per heavy atom. The van der Waals surface area contributed by atoms with Gasteiger partial charge in [0.2, 0.25) is 0 Å². The summed E-state index contributed by atoms with van der Waals surface area (Å²) in [5.74, 6) is 0.251. The van der Waals surface area contributed by atoms with Gasteiger partial charge in [-0.3, -0.25) is 0 Å². The summed E-state index contributed by atoms with van der Waals surface area (Å²) in [6, 6.07) is 9.06. The highest BCUT2D eigenvalue weighted by Crippen LogP contribution is 2.33. The summed E-state index contributed by atoms with van der Waals surface area (Å²) in [4.78, 5) is 4.48. The Bertz CT molecular complexity index is 628. The van der Waals surface area contributed by atoms with Gasteiger partial charge >= 0.3 is 0 Å². The molecule has 0 saturated carbocycles. The van der Waals surface area contributed by atoms with Crippen LogP contribution in [0.15, 0.2) is 52.7 Å². The molecule has 0 atom stereocenters. The Hall–Kier alpha value is -2.07. The van der Waals surface area contributed by atoms with Gasteiger partial charge in [0, 0.05) is 10.9 Å². The molecule has 0 unspecified atom stereocenters. The van der Waals surface area contributed by atoms with Crippen LogP contribution in [0.25, 0.3) is 21.8 Å². The van der Waals surface area contributed by atoms with Gasteiger partial charge in [-0.1, -0.05) is 12.1 Å². The van der Waals surface area contributed by atoms with Gasteiger partial charge in [-0.25, -0.2) is 4.98 Å². The van der Waals surface area contributed by atoms with Gasteiger partial charge in [0.1, 0.15) is 10.8 Å². The molecule has 3 nitrogen and oxygen atoms in total. The molecule has 0 aliphatic carbocycles. The molecule has 84 valence electrons. The monoisotopic (exact) mass is 243 g/mol. The molecule has 1 N–H and O–H groups in total. The van der Waals surface area contributed by atoms with Crippen LogP contribution in [0.3, 0.4) is 0 Å². The van der Waals surface area contributed by atoms with Gasteiger partial charge < -0.3 is 9.52 Å². The van der Waals surface area contributed by atoms with Crippen molar-refractivity contribution in [3.8, 4) is 27.6 Å². The Morgan fingerprint density at radius 2 is 2.06 bits per heavy atom. The highest BCUT2D eigenvalue weighted by atomic mass is 32.1. The lowest BCUT2D eigenvalue weighted by molar-refractivity contribution is 0.477. The Balaban J connectivity index is 2.04. The average Bonchev–Trinajstić information content (AvgIpc) is 3.00. The van der Waals surface area contributed by atoms with Crippen LogP contribution < -0.4 is 0 Å². The quantitative estimate of drug-likeness (QED) is 0.745. The van der Waals surface area contributed by atoms with Gasteiger partial charge in [0.15, 0.2) is 0 Å². The lowest BCUT2D eigenvalue weighted by Gasteiger charge is -1.98. The molecule has 0 aliphatic heterocycles. The summed E-state index contributed by atoms with van der Waals surface area (Å²) in [7, 11) is 0. The van der Waals surface area contributed by atoms with Crippen LogP contribution >= 0.6 is 11.3 Å². The largest absolute Gasteiger partial charge is 0.507 e. The van der Waals surface area contributed by atoms with Crippen LogP contribution in [0.2, 0.25) is 0 Å². The van der Waals surface area contributed by atoms with E-state index >= 15 is 0 Å². The van der Waals surface area contributed by atoms with Gasteiger partial charge in [-0.15, -0.1) is 11.3 Å². The van der Waals surface area contributed by atoms with Crippen molar-refractivity contribution in [1.82, 2.24) is 4.98 Å². The van der Waals surface area contributed by atoms with Crippen molar-refractivity contribution >= 4 is 11.3 Å². The van der Waals surface area contributed by atoms with Crippen LogP contribution in [0, 0.1) is 0 Å². The molecule has 2 heterocycles. The molecule has 3 aromatic rings. The van der Waals surface area contributed by atoms with Gasteiger partial charge in [0.25, 0.3) is 0 Å². The van der Waals surface area contributed by atoms with Gasteiger partial charge in [-0.2, -0.15) is 0 Å². The second-order valence-corrected chi connectivity index (χ2v) is 4.43. The minimum atomic E-state index is 0.251. The van der Waals surface area contributed by atoms with E-state index < -0.39 is 0 Å². The summed E-state index contributed by atoms with van der Waals surface area (Å²) in [6.07, 6.45) is 3.28. The lowest BCUT2D eigenvalue weighted by atomic mass is 10.2. The van der Waals surface area contributed by atoms with Crippen molar-refractivity contribution in [2.24, 2.45) is 0 Å². The number of rotatable bonds is 2. The first kappa shape index (κ1) is 10.1. The highest BCUT2D eigenvalue weighted by molar-refractivity contribution is 7.13. The minimum absolute atomic E-state index is 0.251. The first-order chi connectivity index (χ1) is 8.34. The minimum Gasteiger partial charge on any atom is -0.507 e. The van der Waals surface area contributed by atoms with E-state index in [0.29, 0.717) is 0 Å². The van der Waals surface area contributed by atoms with Crippen molar-refractivity contribution < 1.29 is 9.52 Å². The average molecular weight is 243 g/mol. The maximum absolute atomic E-state index is 9.75. The highest BCUT2D eigenvalue weighted by Gasteiger charge is 2.10. The van der Waals surface area contributed by atoms with E-state index in [4.69, 9.17) is 4.42 Å². The number of hydrogen-bond acceptors (Lipinski definition) is 4. The third-order valence-corrected chi connectivity index (χ3v) is 3.33. The number of aromatic hydroxyl groups is 1. The molecule has 1 aromatic carbocycles. The molecule has 0 aliphatic rings. The standard InChI is InChI=1S/C13H9NO2S/c15-12-4-2-1-3-10(12)13-14-11(8-17-13)9-5-6-16-7-9/h1-8,15H. The first-order valence-corrected chi connectivity index (χ1v) is 5.99. The van der Waals surface area contributed by atoms with Crippen LogP contribution in [-0.4, -0.2) is 10.1 Å². The molecule has 0 radical (unpaired) electrons. The van der Waals surface area contributed by atoms with E-state index in [1.54, 1.807) is 24.7 Å². The fraction of sp³-hybridized carbons (Fsp3) is 0. The Labute approximate surface area is 102 Å². The first-order valence-electron chi connectivity index (χ1n) is 5.11. The van der Waals surface area contributed by atoms with Crippen LogP contribution in [0.4, 0.5) is 0 Å². The van der Waals surface area contributed by atoms with E-state index in [1.165, 1.54) is 11.3 Å². The molecule has 4 heteroatoms. The number of para-hydroxylation sites is 1. The fourth-order valence-corrected chi connectivity index (χ4v) is 2.46. The van der Waals surface area contributed by atoms with Crippen molar-refractivity contribution in [2.45, 2.75) is 0 Å². The van der Waals surface area contributed by atoms with E-state index in [9.17, 15) is 5.11 Å². The molecule has 0 bridgehead atoms. The normalized spacial score (nSPS) is 10.6. The molecule has 3 rings (SSSR count). The smallest absolute Gasteiger partial charge is 0.127 e. The van der Waals surface area contributed by atoms with Gasteiger partial charge in [0.05, 0.1) is 23.8 Å². The topological polar surface area (TPSA) is 46.3 Å².